The van der Waals surface area contributed by atoms with Crippen molar-refractivity contribution in [1.29, 1.82) is 0 Å². The van der Waals surface area contributed by atoms with E-state index in [1.165, 1.54) is 38.6 Å². The Morgan fingerprint density at radius 1 is 0.643 bits per heavy atom. The van der Waals surface area contributed by atoms with Gasteiger partial charge in [0, 0.05) is 110 Å². The minimum Gasteiger partial charge on any atom is -0.360 e. The molecule has 4 saturated heterocycles. The van der Waals surface area contributed by atoms with Gasteiger partial charge >= 0.3 is 0 Å². The van der Waals surface area contributed by atoms with Gasteiger partial charge in [0.2, 0.25) is 23.0 Å². The van der Waals surface area contributed by atoms with Gasteiger partial charge in [0.05, 0.1) is 33.8 Å². The number of likely N-dealkylation sites (tertiary alicyclic amines) is 3. The molecule has 0 unspecified atom stereocenters. The summed E-state index contributed by atoms with van der Waals surface area (Å²) >= 11 is 17.6. The third-order valence-electron chi connectivity index (χ3n) is 13.8. The number of fused-ring (bicyclic) bond motifs is 2. The number of allylic oxidation sites excluding steroid dienone is 1. The first-order valence-corrected chi connectivity index (χ1v) is 25.4. The molecule has 0 atom stereocenters. The molecule has 4 aliphatic rings. The van der Waals surface area contributed by atoms with Crippen LogP contribution in [-0.2, 0) is 9.59 Å². The van der Waals surface area contributed by atoms with Crippen LogP contribution in [0.3, 0.4) is 0 Å². The largest absolute Gasteiger partial charge is 0.360 e. The van der Waals surface area contributed by atoms with Crippen LogP contribution in [-0.4, -0.2) is 133 Å². The summed E-state index contributed by atoms with van der Waals surface area (Å²) < 4.78 is 0. The number of aromatic amines is 2. The topological polar surface area (TPSA) is 163 Å². The standard InChI is InChI=1S/C26H31ClN6O.C23H29ClN6.C3H3ClO.CH4/c1-2-24(34)33-13-7-18(8-14-33)17-32-11-9-19(10-12-32)30-26-29-16-22(27)25(31-26)21-15-28-23-6-4-3-5-20(21)23;24-20-14-27-23(29-22(20)19-13-26-21-4-2-1-3-18(19)21)28-17-7-11-30(12-8-17)15-16-5-9-25-10-6-16;1-2-3(4)5;/h2-6,15-16,18-19,28H,1,7-14,17H2,(H,29,30,31);1-4,13-14,16-17,25-26H,5-12,15H2,(H,27,28,29);2H,1H2;1H4. The Kier molecular flexibility index (Phi) is 19.2. The number of benzene rings is 2. The summed E-state index contributed by atoms with van der Waals surface area (Å²) in [5, 5.41) is 13.4. The van der Waals surface area contributed by atoms with Gasteiger partial charge in [-0.3, -0.25) is 9.59 Å². The summed E-state index contributed by atoms with van der Waals surface area (Å²) in [5.41, 5.74) is 5.66. The number of hydrogen-bond acceptors (Lipinski definition) is 11. The molecule has 0 bridgehead atoms. The molecule has 14 nitrogen and oxygen atoms in total. The van der Waals surface area contributed by atoms with Gasteiger partial charge in [-0.2, -0.15) is 0 Å². The molecule has 0 radical (unpaired) electrons. The number of piperidine rings is 4. The number of hydrogen-bond donors (Lipinski definition) is 5. The van der Waals surface area contributed by atoms with Crippen LogP contribution in [0.1, 0.15) is 58.8 Å². The van der Waals surface area contributed by atoms with Crippen molar-refractivity contribution < 1.29 is 9.59 Å². The summed E-state index contributed by atoms with van der Waals surface area (Å²) in [6.45, 7) is 17.5. The number of nitrogens with one attached hydrogen (secondary N) is 5. The average Bonchev–Trinajstić information content (AvgIpc) is 4.02. The normalized spacial score (nSPS) is 17.7. The van der Waals surface area contributed by atoms with Gasteiger partial charge in [-0.15, -0.1) is 0 Å². The number of amides is 1. The van der Waals surface area contributed by atoms with Gasteiger partial charge in [-0.05, 0) is 112 Å². The van der Waals surface area contributed by atoms with Crippen LogP contribution in [0.2, 0.25) is 10.0 Å². The molecule has 0 aliphatic carbocycles. The third-order valence-corrected chi connectivity index (χ3v) is 14.5. The van der Waals surface area contributed by atoms with Crippen molar-refractivity contribution in [2.75, 3.05) is 76.1 Å². The maximum absolute atomic E-state index is 11.8. The molecule has 70 heavy (non-hydrogen) atoms. The third kappa shape index (κ3) is 13.9. The van der Waals surface area contributed by atoms with E-state index in [2.05, 4.69) is 77.0 Å². The number of carbonyl (C=O) groups is 2. The zero-order valence-electron chi connectivity index (χ0n) is 39.1. The molecule has 10 rings (SSSR count). The zero-order chi connectivity index (χ0) is 48.1. The molecule has 17 heteroatoms. The highest BCUT2D eigenvalue weighted by molar-refractivity contribution is 6.66. The highest BCUT2D eigenvalue weighted by atomic mass is 35.5. The Bertz CT molecular complexity index is 2660. The van der Waals surface area contributed by atoms with E-state index in [1.807, 2.05) is 47.6 Å². The van der Waals surface area contributed by atoms with Gasteiger partial charge in [-0.1, -0.05) is 80.2 Å². The molecule has 4 fully saturated rings. The summed E-state index contributed by atoms with van der Waals surface area (Å²) in [5.74, 6) is 2.87. The molecule has 4 aromatic heterocycles. The second-order valence-electron chi connectivity index (χ2n) is 18.4. The highest BCUT2D eigenvalue weighted by Gasteiger charge is 2.27. The van der Waals surface area contributed by atoms with Gasteiger partial charge in [0.1, 0.15) is 0 Å². The summed E-state index contributed by atoms with van der Waals surface area (Å²) in [7, 11) is 0. The van der Waals surface area contributed by atoms with E-state index in [-0.39, 0.29) is 13.3 Å². The van der Waals surface area contributed by atoms with Crippen LogP contribution < -0.4 is 16.0 Å². The first-order valence-electron chi connectivity index (χ1n) is 24.2. The number of para-hydroxylation sites is 2. The van der Waals surface area contributed by atoms with Crippen LogP contribution in [0.4, 0.5) is 11.9 Å². The first kappa shape index (κ1) is 52.5. The van der Waals surface area contributed by atoms with Crippen molar-refractivity contribution in [3.05, 3.63) is 109 Å². The van der Waals surface area contributed by atoms with Crippen LogP contribution in [0.25, 0.3) is 44.3 Å². The quantitative estimate of drug-likeness (QED) is 0.0586. The van der Waals surface area contributed by atoms with Crippen molar-refractivity contribution in [3.63, 3.8) is 0 Å². The first-order chi connectivity index (χ1) is 33.6. The molecule has 2 aromatic carbocycles. The van der Waals surface area contributed by atoms with Crippen molar-refractivity contribution in [2.45, 2.75) is 70.9 Å². The van der Waals surface area contributed by atoms with E-state index in [4.69, 9.17) is 44.8 Å². The monoisotopic (exact) mass is 1010 g/mol. The molecule has 6 aromatic rings. The predicted molar refractivity (Wildman–Crippen MR) is 288 cm³/mol. The Hall–Kier alpha value is -5.35. The van der Waals surface area contributed by atoms with Crippen molar-refractivity contribution in [1.82, 2.24) is 49.9 Å². The van der Waals surface area contributed by atoms with Crippen LogP contribution in [0.5, 0.6) is 0 Å². The molecular weight excluding hydrogens is 943 g/mol. The van der Waals surface area contributed by atoms with E-state index in [9.17, 15) is 9.59 Å². The number of halogens is 3. The lowest BCUT2D eigenvalue weighted by Gasteiger charge is -2.37. The number of aromatic nitrogens is 6. The fourth-order valence-electron chi connectivity index (χ4n) is 9.93. The van der Waals surface area contributed by atoms with E-state index in [0.717, 1.165) is 141 Å². The van der Waals surface area contributed by atoms with Crippen LogP contribution in [0.15, 0.2) is 98.6 Å². The average molecular weight is 1010 g/mol. The Balaban J connectivity index is 0.000000187. The summed E-state index contributed by atoms with van der Waals surface area (Å²) in [6.07, 6.45) is 18.9. The molecule has 1 amide bonds. The predicted octanol–water partition coefficient (Wildman–Crippen LogP) is 10.3. The Labute approximate surface area is 427 Å². The number of rotatable bonds is 12. The molecule has 0 spiro atoms. The molecular formula is C53H67Cl3N12O2. The Morgan fingerprint density at radius 2 is 1.07 bits per heavy atom. The number of anilines is 2. The SMILES string of the molecule is C.C=CC(=O)Cl.C=CC(=O)N1CCC(CN2CCC(Nc3ncc(Cl)c(-c4c[nH]c5ccccc45)n3)CC2)CC1.Clc1cnc(NC2CCN(CC3CCNCC3)CC2)nc1-c1c[nH]c2ccccc12. The second-order valence-corrected chi connectivity index (χ2v) is 19.6. The maximum Gasteiger partial charge on any atom is 0.245 e. The van der Waals surface area contributed by atoms with Crippen molar-refractivity contribution >= 4 is 79.7 Å². The van der Waals surface area contributed by atoms with Gasteiger partial charge in [-0.25, -0.2) is 19.9 Å². The Morgan fingerprint density at radius 3 is 1.50 bits per heavy atom. The van der Waals surface area contributed by atoms with Crippen LogP contribution in [0, 0.1) is 11.8 Å². The highest BCUT2D eigenvalue weighted by Crippen LogP contribution is 2.34. The van der Waals surface area contributed by atoms with E-state index in [0.29, 0.717) is 39.9 Å². The van der Waals surface area contributed by atoms with Gasteiger partial charge in [0.15, 0.2) is 0 Å². The van der Waals surface area contributed by atoms with Crippen molar-refractivity contribution in [3.8, 4) is 22.5 Å². The number of nitrogens with zero attached hydrogens (tertiary/aromatic N) is 7. The van der Waals surface area contributed by atoms with Crippen LogP contribution >= 0.6 is 34.8 Å². The lowest BCUT2D eigenvalue weighted by Crippen LogP contribution is -2.44. The lowest BCUT2D eigenvalue weighted by molar-refractivity contribution is -0.127. The van der Waals surface area contributed by atoms with Gasteiger partial charge < -0.3 is 40.6 Å². The van der Waals surface area contributed by atoms with Gasteiger partial charge in [0.25, 0.3) is 0 Å². The van der Waals surface area contributed by atoms with E-state index >= 15 is 0 Å². The summed E-state index contributed by atoms with van der Waals surface area (Å²) in [4.78, 5) is 53.4. The lowest BCUT2D eigenvalue weighted by atomic mass is 9.94. The maximum atomic E-state index is 11.8. The second kappa shape index (κ2) is 25.7. The smallest absolute Gasteiger partial charge is 0.245 e. The molecule has 8 heterocycles. The molecule has 0 saturated carbocycles. The minimum absolute atomic E-state index is 0. The molecule has 5 N–H and O–H groups in total. The van der Waals surface area contributed by atoms with Crippen molar-refractivity contribution in [2.24, 2.45) is 11.8 Å². The zero-order valence-corrected chi connectivity index (χ0v) is 41.4. The number of carbonyl (C=O) groups excluding carboxylic acids is 2. The molecule has 372 valence electrons. The number of H-pyrrole nitrogens is 2. The van der Waals surface area contributed by atoms with E-state index < -0.39 is 5.24 Å². The minimum atomic E-state index is -0.509. The summed E-state index contributed by atoms with van der Waals surface area (Å²) in [6, 6.07) is 17.1. The molecule has 4 aliphatic heterocycles. The fraction of sp³-hybridized carbons (Fsp3) is 0.434. The van der Waals surface area contributed by atoms with E-state index in [1.54, 1.807) is 12.4 Å². The fourth-order valence-corrected chi connectivity index (χ4v) is 10.3.